The number of rotatable bonds is 4. The van der Waals surface area contributed by atoms with Crippen LogP contribution in [0.2, 0.25) is 0 Å². The molecule has 0 bridgehead atoms. The van der Waals surface area contributed by atoms with Crippen molar-refractivity contribution in [3.8, 4) is 0 Å². The molecule has 0 aliphatic rings. The van der Waals surface area contributed by atoms with Gasteiger partial charge in [-0.15, -0.1) is 0 Å². The molecule has 0 aliphatic carbocycles. The second-order valence-electron chi connectivity index (χ2n) is 2.99. The molecule has 0 spiro atoms. The van der Waals surface area contributed by atoms with Crippen molar-refractivity contribution in [1.82, 2.24) is 4.98 Å². The Bertz CT molecular complexity index is 319. The maximum Gasteiger partial charge on any atom is 0.333 e. The Hall–Kier alpha value is -1.64. The van der Waals surface area contributed by atoms with Crippen LogP contribution in [-0.2, 0) is 16.0 Å². The van der Waals surface area contributed by atoms with Crippen LogP contribution >= 0.6 is 0 Å². The van der Waals surface area contributed by atoms with Gasteiger partial charge < -0.3 is 4.74 Å². The zero-order valence-corrected chi connectivity index (χ0v) is 8.19. The summed E-state index contributed by atoms with van der Waals surface area (Å²) in [6.07, 6.45) is 2.36. The Balaban J connectivity index is 2.29. The molecule has 1 rings (SSSR count). The Labute approximate surface area is 83.4 Å². The Kier molecular flexibility index (Phi) is 3.85. The standard InChI is InChI=1S/C11H13NO2/c1-9(2)11(13)14-8-6-10-5-3-4-7-12-10/h3-5,7H,1,6,8H2,2H3. The van der Waals surface area contributed by atoms with Crippen molar-refractivity contribution < 1.29 is 9.53 Å². The number of esters is 1. The molecule has 0 aromatic carbocycles. The van der Waals surface area contributed by atoms with E-state index in [0.717, 1.165) is 5.69 Å². The third-order valence-corrected chi connectivity index (χ3v) is 1.67. The van der Waals surface area contributed by atoms with Crippen molar-refractivity contribution in [3.63, 3.8) is 0 Å². The van der Waals surface area contributed by atoms with Crippen LogP contribution in [0.15, 0.2) is 36.5 Å². The number of nitrogens with zero attached hydrogens (tertiary/aromatic N) is 1. The molecule has 1 aromatic heterocycles. The first-order chi connectivity index (χ1) is 6.70. The number of ether oxygens (including phenoxy) is 1. The van der Waals surface area contributed by atoms with E-state index in [2.05, 4.69) is 11.6 Å². The van der Waals surface area contributed by atoms with Gasteiger partial charge in [0.25, 0.3) is 0 Å². The van der Waals surface area contributed by atoms with Gasteiger partial charge in [0.05, 0.1) is 6.61 Å². The lowest BCUT2D eigenvalue weighted by atomic mass is 10.3. The van der Waals surface area contributed by atoms with Gasteiger partial charge in [-0.1, -0.05) is 12.6 Å². The Morgan fingerprint density at radius 2 is 2.36 bits per heavy atom. The minimum atomic E-state index is -0.346. The molecule has 0 atom stereocenters. The van der Waals surface area contributed by atoms with Gasteiger partial charge in [0.2, 0.25) is 0 Å². The van der Waals surface area contributed by atoms with E-state index in [1.165, 1.54) is 0 Å². The molecule has 0 saturated carbocycles. The summed E-state index contributed by atoms with van der Waals surface area (Å²) in [5, 5.41) is 0. The highest BCUT2D eigenvalue weighted by Gasteiger charge is 2.02. The van der Waals surface area contributed by atoms with Crippen molar-refractivity contribution in [2.24, 2.45) is 0 Å². The predicted molar refractivity (Wildman–Crippen MR) is 53.7 cm³/mol. The summed E-state index contributed by atoms with van der Waals surface area (Å²) in [4.78, 5) is 15.1. The van der Waals surface area contributed by atoms with Crippen molar-refractivity contribution in [2.75, 3.05) is 6.61 Å². The topological polar surface area (TPSA) is 39.2 Å². The van der Waals surface area contributed by atoms with Crippen LogP contribution in [0.1, 0.15) is 12.6 Å². The lowest BCUT2D eigenvalue weighted by molar-refractivity contribution is -0.138. The fourth-order valence-electron chi connectivity index (χ4n) is 0.918. The van der Waals surface area contributed by atoms with Crippen molar-refractivity contribution in [2.45, 2.75) is 13.3 Å². The van der Waals surface area contributed by atoms with E-state index in [1.807, 2.05) is 18.2 Å². The normalized spacial score (nSPS) is 9.50. The van der Waals surface area contributed by atoms with E-state index in [0.29, 0.717) is 18.6 Å². The molecule has 14 heavy (non-hydrogen) atoms. The van der Waals surface area contributed by atoms with E-state index < -0.39 is 0 Å². The van der Waals surface area contributed by atoms with E-state index in [9.17, 15) is 4.79 Å². The van der Waals surface area contributed by atoms with Gasteiger partial charge in [0.15, 0.2) is 0 Å². The van der Waals surface area contributed by atoms with Gasteiger partial charge >= 0.3 is 5.97 Å². The SMILES string of the molecule is C=C(C)C(=O)OCCc1ccccn1. The molecule has 1 heterocycles. The van der Waals surface area contributed by atoms with Crippen molar-refractivity contribution in [1.29, 1.82) is 0 Å². The zero-order chi connectivity index (χ0) is 10.4. The summed E-state index contributed by atoms with van der Waals surface area (Å²) < 4.78 is 4.93. The minimum absolute atomic E-state index is 0.346. The quantitative estimate of drug-likeness (QED) is 0.537. The van der Waals surface area contributed by atoms with Gasteiger partial charge in [-0.3, -0.25) is 4.98 Å². The fourth-order valence-corrected chi connectivity index (χ4v) is 0.918. The van der Waals surface area contributed by atoms with Crippen LogP contribution in [0, 0.1) is 0 Å². The van der Waals surface area contributed by atoms with Crippen LogP contribution in [0.3, 0.4) is 0 Å². The summed E-state index contributed by atoms with van der Waals surface area (Å²) in [6.45, 7) is 5.47. The first kappa shape index (κ1) is 10.4. The first-order valence-electron chi connectivity index (χ1n) is 4.42. The smallest absolute Gasteiger partial charge is 0.333 e. The summed E-state index contributed by atoms with van der Waals surface area (Å²) in [7, 11) is 0. The van der Waals surface area contributed by atoms with E-state index in [-0.39, 0.29) is 5.97 Å². The first-order valence-corrected chi connectivity index (χ1v) is 4.42. The lowest BCUT2D eigenvalue weighted by Crippen LogP contribution is -2.08. The van der Waals surface area contributed by atoms with Gasteiger partial charge in [-0.25, -0.2) is 4.79 Å². The predicted octanol–water partition coefficient (Wildman–Crippen LogP) is 1.74. The number of aromatic nitrogens is 1. The fraction of sp³-hybridized carbons (Fsp3) is 0.273. The molecule has 0 N–H and O–H groups in total. The average molecular weight is 191 g/mol. The number of pyridine rings is 1. The monoisotopic (exact) mass is 191 g/mol. The van der Waals surface area contributed by atoms with E-state index in [1.54, 1.807) is 13.1 Å². The summed E-state index contributed by atoms with van der Waals surface area (Å²) in [5.74, 6) is -0.346. The molecule has 74 valence electrons. The summed E-state index contributed by atoms with van der Waals surface area (Å²) in [6, 6.07) is 5.65. The molecule has 3 heteroatoms. The number of hydrogen-bond acceptors (Lipinski definition) is 3. The highest BCUT2D eigenvalue weighted by Crippen LogP contribution is 1.97. The molecule has 0 fully saturated rings. The average Bonchev–Trinajstić information content (AvgIpc) is 2.19. The van der Waals surface area contributed by atoms with Gasteiger partial charge in [0, 0.05) is 23.9 Å². The van der Waals surface area contributed by atoms with E-state index in [4.69, 9.17) is 4.74 Å². The molecular formula is C11H13NO2. The molecule has 0 saturated heterocycles. The van der Waals surface area contributed by atoms with Crippen molar-refractivity contribution >= 4 is 5.97 Å². The number of carbonyl (C=O) groups excluding carboxylic acids is 1. The Morgan fingerprint density at radius 3 is 2.93 bits per heavy atom. The largest absolute Gasteiger partial charge is 0.462 e. The second kappa shape index (κ2) is 5.17. The molecule has 0 radical (unpaired) electrons. The summed E-state index contributed by atoms with van der Waals surface area (Å²) in [5.41, 5.74) is 1.34. The van der Waals surface area contributed by atoms with Gasteiger partial charge in [-0.05, 0) is 19.1 Å². The van der Waals surface area contributed by atoms with Crippen LogP contribution in [0.25, 0.3) is 0 Å². The minimum Gasteiger partial charge on any atom is -0.462 e. The third kappa shape index (κ3) is 3.39. The van der Waals surface area contributed by atoms with Crippen molar-refractivity contribution in [3.05, 3.63) is 42.2 Å². The molecule has 0 amide bonds. The van der Waals surface area contributed by atoms with Gasteiger partial charge in [-0.2, -0.15) is 0 Å². The Morgan fingerprint density at radius 1 is 1.57 bits per heavy atom. The zero-order valence-electron chi connectivity index (χ0n) is 8.19. The van der Waals surface area contributed by atoms with E-state index >= 15 is 0 Å². The number of hydrogen-bond donors (Lipinski definition) is 0. The lowest BCUT2D eigenvalue weighted by Gasteiger charge is -2.03. The van der Waals surface area contributed by atoms with Crippen LogP contribution in [0.5, 0.6) is 0 Å². The number of carbonyl (C=O) groups is 1. The molecular weight excluding hydrogens is 178 g/mol. The second-order valence-corrected chi connectivity index (χ2v) is 2.99. The summed E-state index contributed by atoms with van der Waals surface area (Å²) >= 11 is 0. The highest BCUT2D eigenvalue weighted by atomic mass is 16.5. The molecule has 3 nitrogen and oxygen atoms in total. The maximum absolute atomic E-state index is 11.0. The van der Waals surface area contributed by atoms with Crippen LogP contribution < -0.4 is 0 Å². The van der Waals surface area contributed by atoms with Crippen LogP contribution in [0.4, 0.5) is 0 Å². The highest BCUT2D eigenvalue weighted by molar-refractivity contribution is 5.86. The van der Waals surface area contributed by atoms with Gasteiger partial charge in [0.1, 0.15) is 0 Å². The molecule has 0 unspecified atom stereocenters. The maximum atomic E-state index is 11.0. The third-order valence-electron chi connectivity index (χ3n) is 1.67. The van der Waals surface area contributed by atoms with Crippen LogP contribution in [-0.4, -0.2) is 17.6 Å². The molecule has 1 aromatic rings. The molecule has 0 aliphatic heterocycles.